The largest absolute Gasteiger partial charge is 0.493 e. The third kappa shape index (κ3) is 3.15. The maximum absolute atomic E-state index is 6.10. The highest BCUT2D eigenvalue weighted by Crippen LogP contribution is 2.34. The minimum atomic E-state index is 0.322. The number of para-hydroxylation sites is 1. The Morgan fingerprint density at radius 1 is 1.22 bits per heavy atom. The molecule has 0 amide bonds. The van der Waals surface area contributed by atoms with Gasteiger partial charge in [-0.05, 0) is 31.7 Å². The minimum Gasteiger partial charge on any atom is -0.493 e. The quantitative estimate of drug-likeness (QED) is 0.789. The molecule has 0 bridgehead atoms. The Morgan fingerprint density at radius 2 is 2.00 bits per heavy atom. The maximum atomic E-state index is 6.10. The number of hydrogen-bond acceptors (Lipinski definition) is 4. The molecule has 1 aliphatic rings. The van der Waals surface area contributed by atoms with Crippen molar-refractivity contribution in [1.29, 1.82) is 0 Å². The molecule has 1 saturated carbocycles. The lowest BCUT2D eigenvalue weighted by atomic mass is 10.2. The molecule has 0 saturated heterocycles. The molecule has 1 aromatic carbocycles. The summed E-state index contributed by atoms with van der Waals surface area (Å²) in [6.45, 7) is 0.607. The smallest absolute Gasteiger partial charge is 0.166 e. The summed E-state index contributed by atoms with van der Waals surface area (Å²) in [5.41, 5.74) is 3.90. The average Bonchev–Trinajstić information content (AvgIpc) is 2.90. The van der Waals surface area contributed by atoms with Crippen LogP contribution in [0.25, 0.3) is 0 Å². The van der Waals surface area contributed by atoms with Crippen LogP contribution in [-0.2, 0) is 11.4 Å². The van der Waals surface area contributed by atoms with Gasteiger partial charge in [-0.2, -0.15) is 5.48 Å². The molecule has 0 radical (unpaired) electrons. The van der Waals surface area contributed by atoms with E-state index in [0.29, 0.717) is 12.6 Å². The Bertz CT molecular complexity index is 375. The highest BCUT2D eigenvalue weighted by Gasteiger charge is 2.20. The van der Waals surface area contributed by atoms with E-state index in [1.807, 2.05) is 18.2 Å². The van der Waals surface area contributed by atoms with E-state index in [2.05, 4.69) is 5.48 Å². The van der Waals surface area contributed by atoms with Crippen LogP contribution in [0.2, 0.25) is 0 Å². The Kier molecular flexibility index (Phi) is 4.84. The molecular weight excluding hydrogens is 230 g/mol. The van der Waals surface area contributed by atoms with Crippen LogP contribution in [0.15, 0.2) is 18.2 Å². The predicted octanol–water partition coefficient (Wildman–Crippen LogP) is 2.67. The van der Waals surface area contributed by atoms with Gasteiger partial charge in [0.1, 0.15) is 0 Å². The summed E-state index contributed by atoms with van der Waals surface area (Å²) < 4.78 is 11.5. The predicted molar refractivity (Wildman–Crippen MR) is 69.7 cm³/mol. The fourth-order valence-corrected chi connectivity index (χ4v) is 2.32. The first-order valence-corrected chi connectivity index (χ1v) is 6.43. The zero-order chi connectivity index (χ0) is 12.8. The van der Waals surface area contributed by atoms with Gasteiger partial charge in [0.05, 0.1) is 20.3 Å². The van der Waals surface area contributed by atoms with Gasteiger partial charge in [-0.15, -0.1) is 0 Å². The van der Waals surface area contributed by atoms with E-state index >= 15 is 0 Å². The molecule has 18 heavy (non-hydrogen) atoms. The van der Waals surface area contributed by atoms with Gasteiger partial charge in [0.25, 0.3) is 0 Å². The van der Waals surface area contributed by atoms with Crippen LogP contribution in [0.3, 0.4) is 0 Å². The van der Waals surface area contributed by atoms with Crippen LogP contribution in [0.5, 0.6) is 11.5 Å². The molecular formula is C14H21NO3. The van der Waals surface area contributed by atoms with Crippen molar-refractivity contribution in [3.63, 3.8) is 0 Å². The molecule has 0 heterocycles. The molecule has 4 nitrogen and oxygen atoms in total. The first kappa shape index (κ1) is 13.2. The molecule has 1 aromatic rings. The van der Waals surface area contributed by atoms with E-state index in [1.54, 1.807) is 14.2 Å². The monoisotopic (exact) mass is 251 g/mol. The van der Waals surface area contributed by atoms with E-state index < -0.39 is 0 Å². The van der Waals surface area contributed by atoms with Gasteiger partial charge in [0.15, 0.2) is 11.5 Å². The normalized spacial score (nSPS) is 15.9. The summed E-state index contributed by atoms with van der Waals surface area (Å²) in [6, 6.07) is 5.92. The van der Waals surface area contributed by atoms with Crippen molar-refractivity contribution in [3.8, 4) is 11.5 Å². The van der Waals surface area contributed by atoms with Gasteiger partial charge >= 0.3 is 0 Å². The van der Waals surface area contributed by atoms with E-state index in [0.717, 1.165) is 29.9 Å². The number of benzene rings is 1. The third-order valence-corrected chi connectivity index (χ3v) is 3.27. The number of rotatable bonds is 6. The van der Waals surface area contributed by atoms with Crippen molar-refractivity contribution in [2.75, 3.05) is 14.2 Å². The Hall–Kier alpha value is -1.26. The molecule has 1 fully saturated rings. The SMILES string of the molecule is CONCc1cccc(OC)c1OC1CCCC1. The summed E-state index contributed by atoms with van der Waals surface area (Å²) in [5, 5.41) is 0. The number of ether oxygens (including phenoxy) is 2. The molecule has 2 rings (SSSR count). The lowest BCUT2D eigenvalue weighted by molar-refractivity contribution is 0.0851. The molecule has 0 unspecified atom stereocenters. The van der Waals surface area contributed by atoms with Crippen molar-refractivity contribution in [2.45, 2.75) is 38.3 Å². The lowest BCUT2D eigenvalue weighted by Gasteiger charge is -2.19. The topological polar surface area (TPSA) is 39.7 Å². The van der Waals surface area contributed by atoms with Gasteiger partial charge in [-0.3, -0.25) is 0 Å². The van der Waals surface area contributed by atoms with Gasteiger partial charge in [0, 0.05) is 12.1 Å². The number of hydrogen-bond donors (Lipinski definition) is 1. The fraction of sp³-hybridized carbons (Fsp3) is 0.571. The van der Waals surface area contributed by atoms with E-state index in [4.69, 9.17) is 14.3 Å². The third-order valence-electron chi connectivity index (χ3n) is 3.27. The highest BCUT2D eigenvalue weighted by molar-refractivity contribution is 5.46. The van der Waals surface area contributed by atoms with Crippen molar-refractivity contribution in [2.24, 2.45) is 0 Å². The van der Waals surface area contributed by atoms with Gasteiger partial charge < -0.3 is 14.3 Å². The number of hydroxylamine groups is 1. The first-order chi connectivity index (χ1) is 8.85. The van der Waals surface area contributed by atoms with Crippen molar-refractivity contribution in [3.05, 3.63) is 23.8 Å². The van der Waals surface area contributed by atoms with Crippen LogP contribution in [0.4, 0.5) is 0 Å². The molecule has 4 heteroatoms. The second kappa shape index (κ2) is 6.61. The minimum absolute atomic E-state index is 0.322. The van der Waals surface area contributed by atoms with Crippen LogP contribution < -0.4 is 15.0 Å². The fourth-order valence-electron chi connectivity index (χ4n) is 2.32. The number of methoxy groups -OCH3 is 1. The van der Waals surface area contributed by atoms with Crippen LogP contribution in [-0.4, -0.2) is 20.3 Å². The Morgan fingerprint density at radius 3 is 2.67 bits per heavy atom. The van der Waals surface area contributed by atoms with Crippen molar-refractivity contribution >= 4 is 0 Å². The zero-order valence-electron chi connectivity index (χ0n) is 11.1. The van der Waals surface area contributed by atoms with E-state index in [-0.39, 0.29) is 0 Å². The average molecular weight is 251 g/mol. The lowest BCUT2D eigenvalue weighted by Crippen LogP contribution is -2.16. The van der Waals surface area contributed by atoms with E-state index in [1.165, 1.54) is 12.8 Å². The molecule has 1 aliphatic carbocycles. The number of nitrogens with one attached hydrogen (secondary N) is 1. The summed E-state index contributed by atoms with van der Waals surface area (Å²) in [6.07, 6.45) is 5.10. The summed E-state index contributed by atoms with van der Waals surface area (Å²) in [5.74, 6) is 1.63. The van der Waals surface area contributed by atoms with Crippen LogP contribution in [0, 0.1) is 0 Å². The highest BCUT2D eigenvalue weighted by atomic mass is 16.6. The summed E-state index contributed by atoms with van der Waals surface area (Å²) in [4.78, 5) is 4.90. The molecule has 0 atom stereocenters. The molecule has 0 aromatic heterocycles. The Balaban J connectivity index is 2.16. The van der Waals surface area contributed by atoms with Gasteiger partial charge in [0.2, 0.25) is 0 Å². The van der Waals surface area contributed by atoms with Crippen LogP contribution in [0.1, 0.15) is 31.2 Å². The first-order valence-electron chi connectivity index (χ1n) is 6.43. The molecule has 100 valence electrons. The van der Waals surface area contributed by atoms with Gasteiger partial charge in [-0.1, -0.05) is 12.1 Å². The Labute approximate surface area is 108 Å². The van der Waals surface area contributed by atoms with E-state index in [9.17, 15) is 0 Å². The van der Waals surface area contributed by atoms with Gasteiger partial charge in [-0.25, -0.2) is 0 Å². The standard InChI is InChI=1S/C14H21NO3/c1-16-13-9-5-6-11(10-15-17-2)14(13)18-12-7-3-4-8-12/h5-6,9,12,15H,3-4,7-8,10H2,1-2H3. The summed E-state index contributed by atoms with van der Waals surface area (Å²) in [7, 11) is 3.28. The molecule has 0 spiro atoms. The maximum Gasteiger partial charge on any atom is 0.166 e. The van der Waals surface area contributed by atoms with Crippen molar-refractivity contribution in [1.82, 2.24) is 5.48 Å². The zero-order valence-corrected chi connectivity index (χ0v) is 11.1. The van der Waals surface area contributed by atoms with Crippen LogP contribution >= 0.6 is 0 Å². The second-order valence-electron chi connectivity index (χ2n) is 4.50. The molecule has 0 aliphatic heterocycles. The molecule has 1 N–H and O–H groups in total. The van der Waals surface area contributed by atoms with Crippen molar-refractivity contribution < 1.29 is 14.3 Å². The summed E-state index contributed by atoms with van der Waals surface area (Å²) >= 11 is 0. The second-order valence-corrected chi connectivity index (χ2v) is 4.50.